The summed E-state index contributed by atoms with van der Waals surface area (Å²) in [4.78, 5) is 29.4. The number of ketones is 1. The third kappa shape index (κ3) is 2.92. The lowest BCUT2D eigenvalue weighted by Gasteiger charge is -2.45. The minimum Gasteiger partial charge on any atom is -0.306 e. The first kappa shape index (κ1) is 21.5. The maximum Gasteiger partial charge on any atom is 0.270 e. The number of anilines is 1. The van der Waals surface area contributed by atoms with Crippen LogP contribution in [0.1, 0.15) is 49.8 Å². The number of alkyl halides is 1. The van der Waals surface area contributed by atoms with Gasteiger partial charge in [-0.1, -0.05) is 54.6 Å². The van der Waals surface area contributed by atoms with E-state index in [0.717, 1.165) is 32.4 Å². The van der Waals surface area contributed by atoms with Gasteiger partial charge < -0.3 is 4.90 Å². The molecule has 0 spiro atoms. The number of carbonyl (C=O) groups excluding carboxylic acids is 2. The van der Waals surface area contributed by atoms with Crippen LogP contribution in [-0.2, 0) is 27.2 Å². The van der Waals surface area contributed by atoms with Gasteiger partial charge in [-0.05, 0) is 61.1 Å². The molecule has 3 aliphatic rings. The van der Waals surface area contributed by atoms with Crippen molar-refractivity contribution < 1.29 is 14.0 Å². The molecular formula is C29H29FN2O2. The Labute approximate surface area is 199 Å². The molecule has 6 rings (SSSR count). The number of hydrogen-bond acceptors (Lipinski definition) is 3. The van der Waals surface area contributed by atoms with Gasteiger partial charge in [0.05, 0.1) is 12.1 Å². The largest absolute Gasteiger partial charge is 0.306 e. The zero-order valence-corrected chi connectivity index (χ0v) is 19.7. The van der Waals surface area contributed by atoms with Crippen molar-refractivity contribution >= 4 is 28.2 Å². The molecule has 1 fully saturated rings. The predicted octanol–water partition coefficient (Wildman–Crippen LogP) is 5.27. The van der Waals surface area contributed by atoms with Gasteiger partial charge in [0.2, 0.25) is 5.67 Å². The van der Waals surface area contributed by atoms with Crippen LogP contribution in [0.25, 0.3) is 10.8 Å². The van der Waals surface area contributed by atoms with Gasteiger partial charge in [-0.25, -0.2) is 4.39 Å². The van der Waals surface area contributed by atoms with Crippen molar-refractivity contribution in [2.24, 2.45) is 0 Å². The molecule has 1 saturated heterocycles. The average Bonchev–Trinajstić information content (AvgIpc) is 3.25. The SMILES string of the molecule is CC(=O)CC1(F)C(=O)N(C2CCN(C3(C)Cc4cccc5cccc3c45)CC2)c2ccccc21. The van der Waals surface area contributed by atoms with Gasteiger partial charge in [0, 0.05) is 30.2 Å². The van der Waals surface area contributed by atoms with Crippen LogP contribution < -0.4 is 4.90 Å². The lowest BCUT2D eigenvalue weighted by Crippen LogP contribution is -2.53. The normalized spacial score (nSPS) is 26.9. The number of carbonyl (C=O) groups is 2. The second-order valence-corrected chi connectivity index (χ2v) is 10.4. The molecule has 0 N–H and O–H groups in total. The Morgan fingerprint density at radius 2 is 1.68 bits per heavy atom. The molecule has 34 heavy (non-hydrogen) atoms. The second kappa shape index (κ2) is 7.47. The number of Topliss-reactive ketones (excluding diaryl/α,β-unsaturated/α-hetero) is 1. The molecule has 2 heterocycles. The number of halogens is 1. The number of para-hydroxylation sites is 1. The molecule has 1 aliphatic carbocycles. The summed E-state index contributed by atoms with van der Waals surface area (Å²) in [6, 6.07) is 20.1. The van der Waals surface area contributed by atoms with E-state index in [9.17, 15) is 9.59 Å². The lowest BCUT2D eigenvalue weighted by atomic mass is 9.88. The Hall–Kier alpha value is -3.05. The molecule has 174 valence electrons. The molecule has 3 aromatic carbocycles. The monoisotopic (exact) mass is 456 g/mol. The Morgan fingerprint density at radius 1 is 1.00 bits per heavy atom. The van der Waals surface area contributed by atoms with Crippen molar-refractivity contribution in [2.45, 2.75) is 56.8 Å². The van der Waals surface area contributed by atoms with Crippen LogP contribution >= 0.6 is 0 Å². The number of nitrogens with zero attached hydrogens (tertiary/aromatic N) is 2. The van der Waals surface area contributed by atoms with Crippen LogP contribution in [0.2, 0.25) is 0 Å². The predicted molar refractivity (Wildman–Crippen MR) is 132 cm³/mol. The maximum atomic E-state index is 16.0. The van der Waals surface area contributed by atoms with Crippen molar-refractivity contribution in [3.8, 4) is 0 Å². The molecular weight excluding hydrogens is 427 g/mol. The molecule has 0 saturated carbocycles. The van der Waals surface area contributed by atoms with E-state index in [0.29, 0.717) is 11.3 Å². The van der Waals surface area contributed by atoms with Crippen LogP contribution in [0.3, 0.4) is 0 Å². The van der Waals surface area contributed by atoms with E-state index in [-0.39, 0.29) is 17.4 Å². The molecule has 2 atom stereocenters. The first-order chi connectivity index (χ1) is 16.3. The summed E-state index contributed by atoms with van der Waals surface area (Å²) in [6.45, 7) is 5.35. The van der Waals surface area contributed by atoms with Gasteiger partial charge in [0.1, 0.15) is 5.78 Å². The van der Waals surface area contributed by atoms with E-state index in [2.05, 4.69) is 48.2 Å². The summed E-state index contributed by atoms with van der Waals surface area (Å²) < 4.78 is 16.0. The maximum absolute atomic E-state index is 16.0. The molecule has 0 aromatic heterocycles. The fraction of sp³-hybridized carbons (Fsp3) is 0.379. The number of piperidine rings is 1. The first-order valence-electron chi connectivity index (χ1n) is 12.2. The number of hydrogen-bond donors (Lipinski definition) is 0. The van der Waals surface area contributed by atoms with E-state index in [1.165, 1.54) is 28.8 Å². The minimum atomic E-state index is -2.26. The van der Waals surface area contributed by atoms with Crippen LogP contribution in [-0.4, -0.2) is 35.7 Å². The number of rotatable bonds is 4. The fourth-order valence-electron chi connectivity index (χ4n) is 6.69. The second-order valence-electron chi connectivity index (χ2n) is 10.4. The number of benzene rings is 3. The van der Waals surface area contributed by atoms with Gasteiger partial charge in [-0.2, -0.15) is 0 Å². The van der Waals surface area contributed by atoms with Gasteiger partial charge in [0.15, 0.2) is 0 Å². The fourth-order valence-corrected chi connectivity index (χ4v) is 6.69. The minimum absolute atomic E-state index is 0.0716. The Bertz CT molecular complexity index is 1320. The van der Waals surface area contributed by atoms with Gasteiger partial charge >= 0.3 is 0 Å². The molecule has 1 amide bonds. The zero-order chi connectivity index (χ0) is 23.7. The third-order valence-electron chi connectivity index (χ3n) is 8.27. The number of amides is 1. The average molecular weight is 457 g/mol. The zero-order valence-electron chi connectivity index (χ0n) is 19.7. The van der Waals surface area contributed by atoms with Gasteiger partial charge in [-0.3, -0.25) is 14.5 Å². The van der Waals surface area contributed by atoms with Crippen molar-refractivity contribution in [1.29, 1.82) is 0 Å². The first-order valence-corrected chi connectivity index (χ1v) is 12.2. The van der Waals surface area contributed by atoms with Crippen molar-refractivity contribution in [1.82, 2.24) is 4.90 Å². The van der Waals surface area contributed by atoms with E-state index < -0.39 is 18.0 Å². The highest BCUT2D eigenvalue weighted by atomic mass is 19.1. The summed E-state index contributed by atoms with van der Waals surface area (Å²) in [6.07, 6.45) is 2.13. The molecule has 2 unspecified atom stereocenters. The molecule has 4 nitrogen and oxygen atoms in total. The van der Waals surface area contributed by atoms with Crippen LogP contribution in [0.15, 0.2) is 60.7 Å². The van der Waals surface area contributed by atoms with Crippen LogP contribution in [0.4, 0.5) is 10.1 Å². The van der Waals surface area contributed by atoms with E-state index >= 15 is 4.39 Å². The standard InChI is InChI=1S/C29H29FN2O2/c1-19(33)17-29(30)23-10-3-4-12-25(23)32(27(29)34)22-13-15-31(16-14-22)28(2)18-21-9-5-7-20-8-6-11-24(28)26(20)21/h3-12,22H,13-18H2,1-2H3. The van der Waals surface area contributed by atoms with E-state index in [1.54, 1.807) is 17.0 Å². The molecule has 3 aromatic rings. The van der Waals surface area contributed by atoms with E-state index in [1.807, 2.05) is 12.1 Å². The van der Waals surface area contributed by atoms with Crippen molar-refractivity contribution in [2.75, 3.05) is 18.0 Å². The molecule has 0 radical (unpaired) electrons. The third-order valence-corrected chi connectivity index (χ3v) is 8.27. The Balaban J connectivity index is 1.27. The summed E-state index contributed by atoms with van der Waals surface area (Å²) in [5.41, 5.74) is 1.40. The molecule has 5 heteroatoms. The highest BCUT2D eigenvalue weighted by Crippen LogP contribution is 2.49. The Morgan fingerprint density at radius 3 is 2.41 bits per heavy atom. The Kier molecular flexibility index (Phi) is 4.72. The number of likely N-dealkylation sites (tertiary alicyclic amines) is 1. The quantitative estimate of drug-likeness (QED) is 0.537. The molecule has 0 bridgehead atoms. The number of fused-ring (bicyclic) bond motifs is 1. The smallest absolute Gasteiger partial charge is 0.270 e. The summed E-state index contributed by atoms with van der Waals surface area (Å²) in [5, 5.41) is 2.67. The summed E-state index contributed by atoms with van der Waals surface area (Å²) in [5.74, 6) is -0.892. The van der Waals surface area contributed by atoms with Crippen LogP contribution in [0, 0.1) is 0 Å². The van der Waals surface area contributed by atoms with E-state index in [4.69, 9.17) is 0 Å². The van der Waals surface area contributed by atoms with Crippen LogP contribution in [0.5, 0.6) is 0 Å². The summed E-state index contributed by atoms with van der Waals surface area (Å²) >= 11 is 0. The van der Waals surface area contributed by atoms with Crippen molar-refractivity contribution in [3.63, 3.8) is 0 Å². The lowest BCUT2D eigenvalue weighted by molar-refractivity contribution is -0.134. The topological polar surface area (TPSA) is 40.6 Å². The highest BCUT2D eigenvalue weighted by Gasteiger charge is 2.54. The van der Waals surface area contributed by atoms with Gasteiger partial charge in [-0.15, -0.1) is 0 Å². The highest BCUT2D eigenvalue weighted by molar-refractivity contribution is 6.09. The van der Waals surface area contributed by atoms with Gasteiger partial charge in [0.25, 0.3) is 5.91 Å². The summed E-state index contributed by atoms with van der Waals surface area (Å²) in [7, 11) is 0. The molecule has 2 aliphatic heterocycles. The van der Waals surface area contributed by atoms with Crippen molar-refractivity contribution in [3.05, 3.63) is 77.4 Å².